The summed E-state index contributed by atoms with van der Waals surface area (Å²) in [6.07, 6.45) is 3.88. The van der Waals surface area contributed by atoms with Crippen LogP contribution in [0.25, 0.3) is 0 Å². The molecule has 0 saturated heterocycles. The third-order valence-electron chi connectivity index (χ3n) is 6.14. The molecule has 2 rings (SSSR count). The molecule has 0 unspecified atom stereocenters. The van der Waals surface area contributed by atoms with Gasteiger partial charge in [-0.05, 0) is 43.9 Å². The van der Waals surface area contributed by atoms with E-state index in [0.717, 1.165) is 30.2 Å². The van der Waals surface area contributed by atoms with Crippen molar-refractivity contribution in [3.8, 4) is 5.75 Å². The largest absolute Gasteiger partial charge is 0.497 e. The van der Waals surface area contributed by atoms with Gasteiger partial charge in [-0.25, -0.2) is 8.42 Å². The number of benzene rings is 2. The van der Waals surface area contributed by atoms with E-state index in [9.17, 15) is 18.0 Å². The lowest BCUT2D eigenvalue weighted by atomic mass is 10.1. The number of ether oxygens (including phenoxy) is 1. The van der Waals surface area contributed by atoms with Crippen LogP contribution in [0.3, 0.4) is 0 Å². The van der Waals surface area contributed by atoms with Gasteiger partial charge in [0.25, 0.3) is 0 Å². The third kappa shape index (κ3) is 9.39. The highest BCUT2D eigenvalue weighted by Gasteiger charge is 2.28. The standard InChI is InChI=1S/C28H41N3O5S/c1-6-8-17-29-28(33)26(7-2)30(21-23-13-9-12-22(3)19-23)27(32)16-11-18-31(37(5,34)35)24-14-10-15-25(20-24)36-4/h9-10,12-15,19-20,26H,6-8,11,16-18,21H2,1-5H3,(H,29,33)/t26-/m1/s1. The average molecular weight is 532 g/mol. The van der Waals surface area contributed by atoms with Crippen molar-refractivity contribution in [3.05, 3.63) is 59.7 Å². The van der Waals surface area contributed by atoms with Gasteiger partial charge in [-0.15, -0.1) is 0 Å². The first kappa shape index (κ1) is 30.2. The molecule has 0 aromatic heterocycles. The van der Waals surface area contributed by atoms with E-state index >= 15 is 0 Å². The maximum atomic E-state index is 13.5. The van der Waals surface area contributed by atoms with Crippen molar-refractivity contribution < 1.29 is 22.7 Å². The highest BCUT2D eigenvalue weighted by atomic mass is 32.2. The molecule has 0 aliphatic rings. The fourth-order valence-electron chi connectivity index (χ4n) is 4.20. The number of hydrogen-bond acceptors (Lipinski definition) is 5. The maximum absolute atomic E-state index is 13.5. The number of aryl methyl sites for hydroxylation is 1. The molecule has 0 saturated carbocycles. The van der Waals surface area contributed by atoms with Crippen molar-refractivity contribution in [2.24, 2.45) is 0 Å². The summed E-state index contributed by atoms with van der Waals surface area (Å²) in [4.78, 5) is 28.1. The molecule has 0 fully saturated rings. The average Bonchev–Trinajstić information content (AvgIpc) is 2.85. The maximum Gasteiger partial charge on any atom is 0.242 e. The lowest BCUT2D eigenvalue weighted by molar-refractivity contribution is -0.141. The van der Waals surface area contributed by atoms with E-state index in [4.69, 9.17) is 4.74 Å². The molecular formula is C28H41N3O5S. The van der Waals surface area contributed by atoms with Gasteiger partial charge < -0.3 is 15.0 Å². The predicted molar refractivity (Wildman–Crippen MR) is 148 cm³/mol. The summed E-state index contributed by atoms with van der Waals surface area (Å²) < 4.78 is 31.6. The van der Waals surface area contributed by atoms with Crippen LogP contribution in [0.4, 0.5) is 5.69 Å². The molecule has 2 aromatic carbocycles. The second kappa shape index (κ2) is 14.6. The number of anilines is 1. The fourth-order valence-corrected chi connectivity index (χ4v) is 5.16. The first-order chi connectivity index (χ1) is 17.6. The summed E-state index contributed by atoms with van der Waals surface area (Å²) in [6.45, 7) is 6.96. The van der Waals surface area contributed by atoms with Crippen LogP contribution in [0.1, 0.15) is 57.1 Å². The van der Waals surface area contributed by atoms with Gasteiger partial charge in [0.1, 0.15) is 11.8 Å². The van der Waals surface area contributed by atoms with Crippen LogP contribution < -0.4 is 14.4 Å². The minimum atomic E-state index is -3.57. The van der Waals surface area contributed by atoms with Gasteiger partial charge in [-0.1, -0.05) is 56.2 Å². The number of rotatable bonds is 15. The van der Waals surface area contributed by atoms with E-state index in [1.54, 1.807) is 29.2 Å². The summed E-state index contributed by atoms with van der Waals surface area (Å²) in [5.74, 6) is 0.204. The Morgan fingerprint density at radius 3 is 2.41 bits per heavy atom. The van der Waals surface area contributed by atoms with Gasteiger partial charge in [-0.2, -0.15) is 0 Å². The summed E-state index contributed by atoms with van der Waals surface area (Å²) in [6, 6.07) is 14.1. The molecule has 2 aromatic rings. The lowest BCUT2D eigenvalue weighted by Gasteiger charge is -2.31. The van der Waals surface area contributed by atoms with Crippen LogP contribution in [0, 0.1) is 6.92 Å². The van der Waals surface area contributed by atoms with E-state index < -0.39 is 16.1 Å². The Morgan fingerprint density at radius 1 is 1.05 bits per heavy atom. The minimum Gasteiger partial charge on any atom is -0.497 e. The van der Waals surface area contributed by atoms with E-state index in [1.165, 1.54) is 11.4 Å². The van der Waals surface area contributed by atoms with Gasteiger partial charge in [-0.3, -0.25) is 13.9 Å². The molecule has 1 atom stereocenters. The third-order valence-corrected chi connectivity index (χ3v) is 7.34. The van der Waals surface area contributed by atoms with Gasteiger partial charge in [0.05, 0.1) is 19.1 Å². The SMILES string of the molecule is CCCCNC(=O)[C@@H](CC)N(Cc1cccc(C)c1)C(=O)CCCN(c1cccc(OC)c1)S(C)(=O)=O. The van der Waals surface area contributed by atoms with E-state index in [0.29, 0.717) is 37.4 Å². The van der Waals surface area contributed by atoms with Crippen LogP contribution in [-0.4, -0.2) is 57.6 Å². The molecule has 2 amide bonds. The zero-order valence-electron chi connectivity index (χ0n) is 22.7. The fraction of sp³-hybridized carbons (Fsp3) is 0.500. The van der Waals surface area contributed by atoms with Crippen molar-refractivity contribution in [2.45, 2.75) is 65.5 Å². The Labute approximate surface area is 222 Å². The monoisotopic (exact) mass is 531 g/mol. The molecule has 8 nitrogen and oxygen atoms in total. The molecule has 9 heteroatoms. The topological polar surface area (TPSA) is 96.0 Å². The molecule has 0 bridgehead atoms. The number of carbonyl (C=O) groups excluding carboxylic acids is 2. The van der Waals surface area contributed by atoms with Crippen molar-refractivity contribution in [1.29, 1.82) is 0 Å². The Balaban J connectivity index is 2.20. The second-order valence-electron chi connectivity index (χ2n) is 9.22. The Morgan fingerprint density at radius 2 is 1.78 bits per heavy atom. The Bertz CT molecular complexity index is 1140. The first-order valence-corrected chi connectivity index (χ1v) is 14.7. The van der Waals surface area contributed by atoms with E-state index in [-0.39, 0.29) is 24.8 Å². The molecular weight excluding hydrogens is 490 g/mol. The van der Waals surface area contributed by atoms with Crippen LogP contribution in [0.15, 0.2) is 48.5 Å². The first-order valence-electron chi connectivity index (χ1n) is 12.8. The number of amides is 2. The number of sulfonamides is 1. The van der Waals surface area contributed by atoms with Crippen LogP contribution in [0.5, 0.6) is 5.75 Å². The number of carbonyl (C=O) groups is 2. The molecule has 0 radical (unpaired) electrons. The summed E-state index contributed by atoms with van der Waals surface area (Å²) in [5, 5.41) is 2.96. The Kier molecular flexibility index (Phi) is 11.9. The zero-order valence-corrected chi connectivity index (χ0v) is 23.5. The number of methoxy groups -OCH3 is 1. The summed E-state index contributed by atoms with van der Waals surface area (Å²) >= 11 is 0. The molecule has 37 heavy (non-hydrogen) atoms. The van der Waals surface area contributed by atoms with Crippen molar-refractivity contribution in [3.63, 3.8) is 0 Å². The van der Waals surface area contributed by atoms with Crippen LogP contribution in [0.2, 0.25) is 0 Å². The second-order valence-corrected chi connectivity index (χ2v) is 11.1. The number of hydrogen-bond donors (Lipinski definition) is 1. The lowest BCUT2D eigenvalue weighted by Crippen LogP contribution is -2.49. The number of unbranched alkanes of at least 4 members (excludes halogenated alkanes) is 1. The van der Waals surface area contributed by atoms with Crippen LogP contribution >= 0.6 is 0 Å². The smallest absolute Gasteiger partial charge is 0.242 e. The molecule has 0 spiro atoms. The van der Waals surface area contributed by atoms with Crippen LogP contribution in [-0.2, 0) is 26.2 Å². The number of nitrogens with zero attached hydrogens (tertiary/aromatic N) is 2. The van der Waals surface area contributed by atoms with Gasteiger partial charge in [0.15, 0.2) is 0 Å². The molecule has 0 aliphatic heterocycles. The Hall–Kier alpha value is -3.07. The van der Waals surface area contributed by atoms with Crippen molar-refractivity contribution in [1.82, 2.24) is 10.2 Å². The highest BCUT2D eigenvalue weighted by molar-refractivity contribution is 7.92. The van der Waals surface area contributed by atoms with Gasteiger partial charge in [0.2, 0.25) is 21.8 Å². The van der Waals surface area contributed by atoms with E-state index in [2.05, 4.69) is 12.2 Å². The summed E-state index contributed by atoms with van der Waals surface area (Å²) in [5.41, 5.74) is 2.50. The zero-order chi connectivity index (χ0) is 27.4. The highest BCUT2D eigenvalue weighted by Crippen LogP contribution is 2.24. The van der Waals surface area contributed by atoms with Gasteiger partial charge >= 0.3 is 0 Å². The molecule has 1 N–H and O–H groups in total. The van der Waals surface area contributed by atoms with Crippen molar-refractivity contribution >= 4 is 27.5 Å². The number of nitrogens with one attached hydrogen (secondary N) is 1. The predicted octanol–water partition coefficient (Wildman–Crippen LogP) is 4.27. The summed E-state index contributed by atoms with van der Waals surface area (Å²) in [7, 11) is -2.05. The van der Waals surface area contributed by atoms with Crippen molar-refractivity contribution in [2.75, 3.05) is 30.8 Å². The molecule has 204 valence electrons. The van der Waals surface area contributed by atoms with Gasteiger partial charge in [0, 0.05) is 32.1 Å². The molecule has 0 heterocycles. The normalized spacial score (nSPS) is 12.0. The minimum absolute atomic E-state index is 0.112. The quantitative estimate of drug-likeness (QED) is 0.346. The molecule has 0 aliphatic carbocycles. The van der Waals surface area contributed by atoms with E-state index in [1.807, 2.05) is 38.1 Å².